The van der Waals surface area contributed by atoms with Gasteiger partial charge >= 0.3 is 0 Å². The van der Waals surface area contributed by atoms with Gasteiger partial charge in [-0.3, -0.25) is 9.59 Å². The molecule has 3 rings (SSSR count). The number of aromatic nitrogens is 1. The number of aliphatic hydroxyl groups excluding tert-OH is 1. The summed E-state index contributed by atoms with van der Waals surface area (Å²) in [5, 5.41) is 14.2. The summed E-state index contributed by atoms with van der Waals surface area (Å²) in [4.78, 5) is 27.2. The molecule has 0 fully saturated rings. The largest absolute Gasteiger partial charge is 0.390 e. The lowest BCUT2D eigenvalue weighted by molar-refractivity contribution is -0.122. The molecule has 1 aromatic heterocycles. The molecule has 26 heavy (non-hydrogen) atoms. The fourth-order valence-electron chi connectivity index (χ4n) is 2.78. The second kappa shape index (κ2) is 7.59. The molecule has 0 saturated carbocycles. The number of nitrogens with one attached hydrogen (secondary N) is 2. The van der Waals surface area contributed by atoms with Crippen LogP contribution in [0.5, 0.6) is 0 Å². The number of aromatic amines is 1. The van der Waals surface area contributed by atoms with E-state index in [2.05, 4.69) is 10.3 Å². The van der Waals surface area contributed by atoms with E-state index in [9.17, 15) is 14.7 Å². The van der Waals surface area contributed by atoms with E-state index in [0.29, 0.717) is 5.02 Å². The van der Waals surface area contributed by atoms with Crippen molar-refractivity contribution in [2.75, 3.05) is 0 Å². The summed E-state index contributed by atoms with van der Waals surface area (Å²) in [5.74, 6) is -1.34. The highest BCUT2D eigenvalue weighted by Crippen LogP contribution is 2.20. The Morgan fingerprint density at radius 2 is 1.88 bits per heavy atom. The number of benzene rings is 2. The Morgan fingerprint density at radius 1 is 1.15 bits per heavy atom. The Kier molecular flexibility index (Phi) is 5.25. The van der Waals surface area contributed by atoms with E-state index in [1.54, 1.807) is 24.3 Å². The monoisotopic (exact) mass is 371 g/mol. The van der Waals surface area contributed by atoms with Crippen LogP contribution < -0.4 is 11.1 Å². The first-order valence-electron chi connectivity index (χ1n) is 8.04. The van der Waals surface area contributed by atoms with E-state index in [0.717, 1.165) is 16.5 Å². The molecule has 2 atom stereocenters. The van der Waals surface area contributed by atoms with Crippen molar-refractivity contribution in [1.82, 2.24) is 10.3 Å². The standard InChI is InChI=1S/C19H18ClN3O3/c20-13-6-7-14-12(9-13)10-15(22-14)19(26)23-17(18(21)25)16(24)8-11-4-2-1-3-5-11/h1-7,9-10,16-17,22,24H,8H2,(H2,21,25)(H,23,26)/t16-,17-/m0/s1. The van der Waals surface area contributed by atoms with E-state index in [-0.39, 0.29) is 12.1 Å². The van der Waals surface area contributed by atoms with Gasteiger partial charge in [-0.2, -0.15) is 0 Å². The molecule has 0 spiro atoms. The highest BCUT2D eigenvalue weighted by molar-refractivity contribution is 6.31. The Balaban J connectivity index is 1.75. The van der Waals surface area contributed by atoms with Gasteiger partial charge in [0, 0.05) is 22.3 Å². The molecule has 2 amide bonds. The van der Waals surface area contributed by atoms with E-state index >= 15 is 0 Å². The van der Waals surface area contributed by atoms with E-state index < -0.39 is 24.0 Å². The number of primary amides is 1. The van der Waals surface area contributed by atoms with Crippen molar-refractivity contribution >= 4 is 34.3 Å². The van der Waals surface area contributed by atoms with E-state index in [4.69, 9.17) is 17.3 Å². The third-order valence-electron chi connectivity index (χ3n) is 4.09. The molecule has 0 aliphatic carbocycles. The van der Waals surface area contributed by atoms with Gasteiger partial charge < -0.3 is 21.1 Å². The van der Waals surface area contributed by atoms with Gasteiger partial charge in [-0.25, -0.2) is 0 Å². The quantitative estimate of drug-likeness (QED) is 0.532. The summed E-state index contributed by atoms with van der Waals surface area (Å²) in [6.07, 6.45) is -0.950. The summed E-state index contributed by atoms with van der Waals surface area (Å²) in [7, 11) is 0. The molecule has 3 aromatic rings. The topological polar surface area (TPSA) is 108 Å². The highest BCUT2D eigenvalue weighted by Gasteiger charge is 2.27. The maximum absolute atomic E-state index is 12.5. The number of aliphatic hydroxyl groups is 1. The van der Waals surface area contributed by atoms with Crippen LogP contribution in [-0.4, -0.2) is 34.1 Å². The number of carbonyl (C=O) groups is 2. The van der Waals surface area contributed by atoms with Crippen molar-refractivity contribution in [3.05, 3.63) is 70.9 Å². The zero-order valence-electron chi connectivity index (χ0n) is 13.8. The molecular formula is C19H18ClN3O3. The smallest absolute Gasteiger partial charge is 0.268 e. The van der Waals surface area contributed by atoms with Crippen LogP contribution in [0.3, 0.4) is 0 Å². The number of H-pyrrole nitrogens is 1. The van der Waals surface area contributed by atoms with Gasteiger partial charge in [-0.15, -0.1) is 0 Å². The second-order valence-corrected chi connectivity index (χ2v) is 6.46. The summed E-state index contributed by atoms with van der Waals surface area (Å²) < 4.78 is 0. The van der Waals surface area contributed by atoms with Crippen molar-refractivity contribution < 1.29 is 14.7 Å². The molecule has 5 N–H and O–H groups in total. The van der Waals surface area contributed by atoms with E-state index in [1.165, 1.54) is 0 Å². The van der Waals surface area contributed by atoms with Crippen molar-refractivity contribution in [2.45, 2.75) is 18.6 Å². The predicted molar refractivity (Wildman–Crippen MR) is 99.9 cm³/mol. The number of fused-ring (bicyclic) bond motifs is 1. The molecule has 0 radical (unpaired) electrons. The van der Waals surface area contributed by atoms with Crippen LogP contribution in [0.25, 0.3) is 10.9 Å². The predicted octanol–water partition coefficient (Wildman–Crippen LogP) is 2.01. The van der Waals surface area contributed by atoms with Gasteiger partial charge in [-0.1, -0.05) is 41.9 Å². The number of hydrogen-bond donors (Lipinski definition) is 4. The SMILES string of the molecule is NC(=O)[C@@H](NC(=O)c1cc2cc(Cl)ccc2[nH]1)[C@@H](O)Cc1ccccc1. The number of hydrogen-bond acceptors (Lipinski definition) is 3. The summed E-state index contributed by atoms with van der Waals surface area (Å²) in [6.45, 7) is 0. The average Bonchev–Trinajstić information content (AvgIpc) is 3.03. The van der Waals surface area contributed by atoms with Crippen molar-refractivity contribution in [2.24, 2.45) is 5.73 Å². The third kappa shape index (κ3) is 4.04. The van der Waals surface area contributed by atoms with Crippen LogP contribution in [0.15, 0.2) is 54.6 Å². The second-order valence-electron chi connectivity index (χ2n) is 6.03. The zero-order valence-corrected chi connectivity index (χ0v) is 14.5. The fourth-order valence-corrected chi connectivity index (χ4v) is 2.96. The fraction of sp³-hybridized carbons (Fsp3) is 0.158. The third-order valence-corrected chi connectivity index (χ3v) is 4.33. The lowest BCUT2D eigenvalue weighted by Crippen LogP contribution is -2.52. The maximum atomic E-state index is 12.5. The molecule has 0 aliphatic heterocycles. The average molecular weight is 372 g/mol. The summed E-state index contributed by atoms with van der Waals surface area (Å²) in [6, 6.07) is 14.8. The van der Waals surface area contributed by atoms with Gasteiger partial charge in [0.15, 0.2) is 0 Å². The molecule has 0 bridgehead atoms. The number of nitrogens with two attached hydrogens (primary N) is 1. The molecule has 0 aliphatic rings. The molecular weight excluding hydrogens is 354 g/mol. The normalized spacial score (nSPS) is 13.3. The Bertz CT molecular complexity index is 940. The van der Waals surface area contributed by atoms with Crippen LogP contribution in [0.4, 0.5) is 0 Å². The first kappa shape index (κ1) is 18.0. The molecule has 0 saturated heterocycles. The minimum absolute atomic E-state index is 0.192. The Labute approximate surface area is 155 Å². The lowest BCUT2D eigenvalue weighted by atomic mass is 10.0. The van der Waals surface area contributed by atoms with Crippen LogP contribution >= 0.6 is 11.6 Å². The molecule has 134 valence electrons. The minimum atomic E-state index is -1.21. The maximum Gasteiger partial charge on any atom is 0.268 e. The first-order chi connectivity index (χ1) is 12.4. The van der Waals surface area contributed by atoms with Crippen LogP contribution in [0.1, 0.15) is 16.1 Å². The molecule has 7 heteroatoms. The van der Waals surface area contributed by atoms with Crippen LogP contribution in [0, 0.1) is 0 Å². The van der Waals surface area contributed by atoms with Crippen LogP contribution in [-0.2, 0) is 11.2 Å². The molecule has 6 nitrogen and oxygen atoms in total. The summed E-state index contributed by atoms with van der Waals surface area (Å²) in [5.41, 5.74) is 7.19. The number of amides is 2. The zero-order chi connectivity index (χ0) is 18.7. The lowest BCUT2D eigenvalue weighted by Gasteiger charge is -2.21. The minimum Gasteiger partial charge on any atom is -0.390 e. The number of halogens is 1. The van der Waals surface area contributed by atoms with Crippen molar-refractivity contribution in [3.63, 3.8) is 0 Å². The van der Waals surface area contributed by atoms with Gasteiger partial charge in [0.1, 0.15) is 11.7 Å². The van der Waals surface area contributed by atoms with Gasteiger partial charge in [0.25, 0.3) is 5.91 Å². The van der Waals surface area contributed by atoms with Crippen LogP contribution in [0.2, 0.25) is 5.02 Å². The Morgan fingerprint density at radius 3 is 2.58 bits per heavy atom. The van der Waals surface area contributed by atoms with Gasteiger partial charge in [0.05, 0.1) is 6.10 Å². The molecule has 0 unspecified atom stereocenters. The van der Waals surface area contributed by atoms with E-state index in [1.807, 2.05) is 30.3 Å². The van der Waals surface area contributed by atoms with Gasteiger partial charge in [-0.05, 0) is 29.8 Å². The van der Waals surface area contributed by atoms with Crippen molar-refractivity contribution in [3.8, 4) is 0 Å². The first-order valence-corrected chi connectivity index (χ1v) is 8.42. The molecule has 2 aromatic carbocycles. The highest BCUT2D eigenvalue weighted by atomic mass is 35.5. The molecule has 1 heterocycles. The van der Waals surface area contributed by atoms with Crippen molar-refractivity contribution in [1.29, 1.82) is 0 Å². The number of carbonyl (C=O) groups excluding carboxylic acids is 2. The Hall–Kier alpha value is -2.83. The van der Waals surface area contributed by atoms with Gasteiger partial charge in [0.2, 0.25) is 5.91 Å². The summed E-state index contributed by atoms with van der Waals surface area (Å²) >= 11 is 5.94. The number of rotatable bonds is 6.